The van der Waals surface area contributed by atoms with Gasteiger partial charge in [0.2, 0.25) is 5.91 Å². The Morgan fingerprint density at radius 1 is 0.967 bits per heavy atom. The molecule has 0 atom stereocenters. The number of aromatic nitrogens is 2. The van der Waals surface area contributed by atoms with Crippen LogP contribution in [0, 0.1) is 6.92 Å². The molecule has 152 valence electrons. The van der Waals surface area contributed by atoms with Gasteiger partial charge in [-0.05, 0) is 31.5 Å². The Balaban J connectivity index is 1.34. The van der Waals surface area contributed by atoms with Crippen LogP contribution in [-0.4, -0.2) is 51.1 Å². The Morgan fingerprint density at radius 3 is 2.30 bits per heavy atom. The number of carbonyl (C=O) groups excluding carboxylic acids is 3. The van der Waals surface area contributed by atoms with Crippen molar-refractivity contribution in [1.82, 2.24) is 19.8 Å². The van der Waals surface area contributed by atoms with Crippen molar-refractivity contribution in [3.8, 4) is 0 Å². The fraction of sp³-hybridized carbons (Fsp3) is 0.261. The molecule has 1 aliphatic heterocycles. The summed E-state index contributed by atoms with van der Waals surface area (Å²) in [6.07, 6.45) is 0.642. The molecule has 0 N–H and O–H groups in total. The molecule has 7 nitrogen and oxygen atoms in total. The first-order chi connectivity index (χ1) is 14.5. The van der Waals surface area contributed by atoms with Gasteiger partial charge >= 0.3 is 0 Å². The van der Waals surface area contributed by atoms with E-state index in [0.29, 0.717) is 29.9 Å². The second kappa shape index (κ2) is 8.02. The van der Waals surface area contributed by atoms with Crippen LogP contribution < -0.4 is 0 Å². The molecule has 2 aromatic carbocycles. The summed E-state index contributed by atoms with van der Waals surface area (Å²) < 4.78 is 0. The topological polar surface area (TPSA) is 83.5 Å². The highest BCUT2D eigenvalue weighted by Gasteiger charge is 2.34. The molecule has 3 amide bonds. The van der Waals surface area contributed by atoms with Gasteiger partial charge in [-0.1, -0.05) is 30.3 Å². The van der Waals surface area contributed by atoms with Gasteiger partial charge < -0.3 is 4.90 Å². The molecule has 1 aliphatic rings. The van der Waals surface area contributed by atoms with Crippen LogP contribution in [0.15, 0.2) is 48.5 Å². The molecule has 2 heterocycles. The van der Waals surface area contributed by atoms with Crippen LogP contribution in [0.5, 0.6) is 0 Å². The molecular weight excluding hydrogens is 380 g/mol. The van der Waals surface area contributed by atoms with E-state index in [1.807, 2.05) is 31.2 Å². The van der Waals surface area contributed by atoms with Gasteiger partial charge in [0.05, 0.1) is 23.2 Å². The van der Waals surface area contributed by atoms with E-state index in [9.17, 15) is 14.4 Å². The Bertz CT molecular complexity index is 1120. The van der Waals surface area contributed by atoms with E-state index in [1.165, 1.54) is 4.90 Å². The summed E-state index contributed by atoms with van der Waals surface area (Å²) >= 11 is 0. The molecule has 4 rings (SSSR count). The third kappa shape index (κ3) is 3.66. The van der Waals surface area contributed by atoms with Crippen LogP contribution in [0.4, 0.5) is 0 Å². The average molecular weight is 402 g/mol. The minimum Gasteiger partial charge on any atom is -0.338 e. The standard InChI is InChI=1S/C23H22N4O3/c1-15-16-8-5-6-11-19(16)25-20(24-15)14-26(2)21(28)12-7-13-27-22(29)17-9-3-4-10-18(17)23(27)30/h3-6,8-11H,7,12-14H2,1-2H3. The number of rotatable bonds is 6. The monoisotopic (exact) mass is 402 g/mol. The zero-order valence-corrected chi connectivity index (χ0v) is 17.0. The van der Waals surface area contributed by atoms with Crippen molar-refractivity contribution in [3.05, 3.63) is 71.2 Å². The molecule has 3 aromatic rings. The van der Waals surface area contributed by atoms with E-state index in [2.05, 4.69) is 9.97 Å². The zero-order valence-electron chi connectivity index (χ0n) is 17.0. The number of benzene rings is 2. The van der Waals surface area contributed by atoms with Gasteiger partial charge in [-0.25, -0.2) is 9.97 Å². The number of nitrogens with zero attached hydrogens (tertiary/aromatic N) is 4. The van der Waals surface area contributed by atoms with Crippen LogP contribution in [0.1, 0.15) is 45.1 Å². The van der Waals surface area contributed by atoms with E-state index >= 15 is 0 Å². The van der Waals surface area contributed by atoms with Gasteiger partial charge in [0.15, 0.2) is 0 Å². The molecule has 30 heavy (non-hydrogen) atoms. The Labute approximate surface area is 174 Å². The SMILES string of the molecule is Cc1nc(CN(C)C(=O)CCCN2C(=O)c3ccccc3C2=O)nc2ccccc12. The van der Waals surface area contributed by atoms with E-state index in [0.717, 1.165) is 16.6 Å². The minimum atomic E-state index is -0.295. The van der Waals surface area contributed by atoms with Crippen molar-refractivity contribution in [1.29, 1.82) is 0 Å². The summed E-state index contributed by atoms with van der Waals surface area (Å²) in [5, 5.41) is 0.996. The predicted octanol–water partition coefficient (Wildman–Crippen LogP) is 2.97. The lowest BCUT2D eigenvalue weighted by atomic mass is 10.1. The Morgan fingerprint density at radius 2 is 1.60 bits per heavy atom. The molecule has 0 bridgehead atoms. The van der Waals surface area contributed by atoms with E-state index in [4.69, 9.17) is 0 Å². The van der Waals surface area contributed by atoms with Gasteiger partial charge in [-0.2, -0.15) is 0 Å². The van der Waals surface area contributed by atoms with Gasteiger partial charge in [0.1, 0.15) is 5.82 Å². The second-order valence-corrected chi connectivity index (χ2v) is 7.40. The first-order valence-corrected chi connectivity index (χ1v) is 9.87. The third-order valence-electron chi connectivity index (χ3n) is 5.30. The first-order valence-electron chi connectivity index (χ1n) is 9.87. The largest absolute Gasteiger partial charge is 0.338 e. The van der Waals surface area contributed by atoms with Crippen molar-refractivity contribution in [2.75, 3.05) is 13.6 Å². The highest BCUT2D eigenvalue weighted by atomic mass is 16.2. The van der Waals surface area contributed by atoms with Crippen LogP contribution in [-0.2, 0) is 11.3 Å². The van der Waals surface area contributed by atoms with Gasteiger partial charge in [0.25, 0.3) is 11.8 Å². The highest BCUT2D eigenvalue weighted by Crippen LogP contribution is 2.22. The first kappa shape index (κ1) is 19.7. The van der Waals surface area contributed by atoms with Gasteiger partial charge in [0, 0.05) is 31.1 Å². The number of para-hydroxylation sites is 1. The molecule has 0 unspecified atom stereocenters. The molecule has 0 saturated carbocycles. The molecule has 0 fully saturated rings. The lowest BCUT2D eigenvalue weighted by Gasteiger charge is -2.18. The van der Waals surface area contributed by atoms with Crippen molar-refractivity contribution in [2.45, 2.75) is 26.3 Å². The molecular formula is C23H22N4O3. The zero-order chi connectivity index (χ0) is 21.3. The van der Waals surface area contributed by atoms with E-state index in [-0.39, 0.29) is 30.7 Å². The highest BCUT2D eigenvalue weighted by molar-refractivity contribution is 6.21. The van der Waals surface area contributed by atoms with Crippen LogP contribution >= 0.6 is 0 Å². The van der Waals surface area contributed by atoms with Gasteiger partial charge in [-0.15, -0.1) is 0 Å². The van der Waals surface area contributed by atoms with Crippen molar-refractivity contribution in [3.63, 3.8) is 0 Å². The summed E-state index contributed by atoms with van der Waals surface area (Å²) in [6.45, 7) is 2.45. The fourth-order valence-corrected chi connectivity index (χ4v) is 3.69. The maximum Gasteiger partial charge on any atom is 0.261 e. The van der Waals surface area contributed by atoms with Crippen LogP contribution in [0.3, 0.4) is 0 Å². The molecule has 1 aromatic heterocycles. The Hall–Kier alpha value is -3.61. The molecule has 7 heteroatoms. The van der Waals surface area contributed by atoms with E-state index in [1.54, 1.807) is 36.2 Å². The Kier molecular flexibility index (Phi) is 5.27. The predicted molar refractivity (Wildman–Crippen MR) is 112 cm³/mol. The number of imide groups is 1. The summed E-state index contributed by atoms with van der Waals surface area (Å²) in [6, 6.07) is 14.6. The lowest BCUT2D eigenvalue weighted by Crippen LogP contribution is -2.32. The van der Waals surface area contributed by atoms with E-state index < -0.39 is 0 Å². The maximum absolute atomic E-state index is 12.5. The number of fused-ring (bicyclic) bond motifs is 2. The summed E-state index contributed by atoms with van der Waals surface area (Å²) in [5.41, 5.74) is 2.58. The van der Waals surface area contributed by atoms with Crippen LogP contribution in [0.2, 0.25) is 0 Å². The average Bonchev–Trinajstić information content (AvgIpc) is 2.99. The van der Waals surface area contributed by atoms with Crippen molar-refractivity contribution >= 4 is 28.6 Å². The van der Waals surface area contributed by atoms with Crippen molar-refractivity contribution < 1.29 is 14.4 Å². The quantitative estimate of drug-likeness (QED) is 0.592. The maximum atomic E-state index is 12.5. The minimum absolute atomic E-state index is 0.0824. The number of amides is 3. The summed E-state index contributed by atoms with van der Waals surface area (Å²) in [4.78, 5) is 49.2. The van der Waals surface area contributed by atoms with Crippen LogP contribution in [0.25, 0.3) is 10.9 Å². The second-order valence-electron chi connectivity index (χ2n) is 7.40. The molecule has 0 aliphatic carbocycles. The summed E-state index contributed by atoms with van der Waals surface area (Å²) in [7, 11) is 1.71. The van der Waals surface area contributed by atoms with Crippen molar-refractivity contribution in [2.24, 2.45) is 0 Å². The number of carbonyl (C=O) groups is 3. The number of hydrogen-bond donors (Lipinski definition) is 0. The summed E-state index contributed by atoms with van der Waals surface area (Å²) in [5.74, 6) is -0.0868. The number of hydrogen-bond acceptors (Lipinski definition) is 5. The lowest BCUT2D eigenvalue weighted by molar-refractivity contribution is -0.130. The van der Waals surface area contributed by atoms with Gasteiger partial charge in [-0.3, -0.25) is 19.3 Å². The fourth-order valence-electron chi connectivity index (χ4n) is 3.69. The number of aryl methyl sites for hydroxylation is 1. The molecule has 0 radical (unpaired) electrons. The third-order valence-corrected chi connectivity index (χ3v) is 5.30. The smallest absolute Gasteiger partial charge is 0.261 e. The molecule has 0 spiro atoms. The normalized spacial score (nSPS) is 13.1. The molecule has 0 saturated heterocycles.